The van der Waals surface area contributed by atoms with Gasteiger partial charge in [0.25, 0.3) is 5.91 Å². The van der Waals surface area contributed by atoms with Crippen molar-refractivity contribution >= 4 is 17.3 Å². The molecule has 0 radical (unpaired) electrons. The van der Waals surface area contributed by atoms with Crippen LogP contribution in [-0.2, 0) is 4.79 Å². The minimum absolute atomic E-state index is 0.0242. The van der Waals surface area contributed by atoms with Gasteiger partial charge in [0.2, 0.25) is 0 Å². The molecule has 1 aliphatic carbocycles. The van der Waals surface area contributed by atoms with Gasteiger partial charge in [0.1, 0.15) is 5.75 Å². The number of hydrogen-bond donors (Lipinski definition) is 1. The van der Waals surface area contributed by atoms with Crippen molar-refractivity contribution in [2.75, 3.05) is 23.8 Å². The highest BCUT2D eigenvalue weighted by atomic mass is 16.5. The first-order valence-corrected chi connectivity index (χ1v) is 6.33. The molecule has 1 aromatic carbocycles. The highest BCUT2D eigenvalue weighted by molar-refractivity contribution is 5.98. The SMILES string of the molecule is N#CCC1(CN2C(=O)COc3ccc(N)cc32)CC1. The summed E-state index contributed by atoms with van der Waals surface area (Å²) >= 11 is 0. The predicted octanol–water partition coefficient (Wildman–Crippen LogP) is 1.69. The Hall–Kier alpha value is -2.22. The van der Waals surface area contributed by atoms with Gasteiger partial charge in [-0.1, -0.05) is 0 Å². The molecule has 2 aliphatic rings. The Bertz CT molecular complexity index is 573. The van der Waals surface area contributed by atoms with Gasteiger partial charge in [-0.25, -0.2) is 0 Å². The normalized spacial score (nSPS) is 19.3. The van der Waals surface area contributed by atoms with E-state index in [1.807, 2.05) is 0 Å². The van der Waals surface area contributed by atoms with Gasteiger partial charge in [-0.15, -0.1) is 0 Å². The Morgan fingerprint density at radius 3 is 2.95 bits per heavy atom. The smallest absolute Gasteiger partial charge is 0.265 e. The molecule has 1 aromatic rings. The molecular weight excluding hydrogens is 242 g/mol. The number of anilines is 2. The molecule has 0 spiro atoms. The number of hydrogen-bond acceptors (Lipinski definition) is 4. The molecule has 3 rings (SSSR count). The first-order chi connectivity index (χ1) is 9.13. The van der Waals surface area contributed by atoms with Crippen LogP contribution in [0.2, 0.25) is 0 Å². The molecule has 5 heteroatoms. The summed E-state index contributed by atoms with van der Waals surface area (Å²) in [5.74, 6) is 0.615. The van der Waals surface area contributed by atoms with Gasteiger partial charge in [-0.3, -0.25) is 4.79 Å². The maximum atomic E-state index is 12.1. The molecular formula is C14H15N3O2. The number of nitriles is 1. The van der Waals surface area contributed by atoms with E-state index in [-0.39, 0.29) is 17.9 Å². The first kappa shape index (κ1) is 11.8. The molecule has 19 heavy (non-hydrogen) atoms. The molecule has 1 saturated carbocycles. The second kappa shape index (κ2) is 4.16. The fourth-order valence-electron chi connectivity index (χ4n) is 2.46. The summed E-state index contributed by atoms with van der Waals surface area (Å²) in [6, 6.07) is 7.52. The molecule has 0 saturated heterocycles. The summed E-state index contributed by atoms with van der Waals surface area (Å²) in [6.07, 6.45) is 2.50. The van der Waals surface area contributed by atoms with Crippen molar-refractivity contribution in [1.29, 1.82) is 5.26 Å². The maximum absolute atomic E-state index is 12.1. The average Bonchev–Trinajstić information content (AvgIpc) is 3.14. The molecule has 5 nitrogen and oxygen atoms in total. The Kier molecular flexibility index (Phi) is 2.59. The Labute approximate surface area is 111 Å². The lowest BCUT2D eigenvalue weighted by molar-refractivity contribution is -0.121. The predicted molar refractivity (Wildman–Crippen MR) is 70.6 cm³/mol. The van der Waals surface area contributed by atoms with Gasteiger partial charge < -0.3 is 15.4 Å². The molecule has 98 valence electrons. The number of benzene rings is 1. The number of rotatable bonds is 3. The zero-order chi connectivity index (χ0) is 13.5. The van der Waals surface area contributed by atoms with Crippen LogP contribution in [0.4, 0.5) is 11.4 Å². The molecule has 1 amide bonds. The van der Waals surface area contributed by atoms with E-state index in [9.17, 15) is 4.79 Å². The van der Waals surface area contributed by atoms with Crippen LogP contribution in [0.15, 0.2) is 18.2 Å². The third-order valence-corrected chi connectivity index (χ3v) is 3.83. The van der Waals surface area contributed by atoms with Gasteiger partial charge >= 0.3 is 0 Å². The number of carbonyl (C=O) groups is 1. The zero-order valence-electron chi connectivity index (χ0n) is 10.6. The summed E-state index contributed by atoms with van der Waals surface area (Å²) in [5, 5.41) is 8.88. The largest absolute Gasteiger partial charge is 0.482 e. The van der Waals surface area contributed by atoms with Crippen molar-refractivity contribution in [2.24, 2.45) is 5.41 Å². The molecule has 1 aliphatic heterocycles. The van der Waals surface area contributed by atoms with Gasteiger partial charge in [-0.05, 0) is 31.0 Å². The topological polar surface area (TPSA) is 79.3 Å². The van der Waals surface area contributed by atoms with Crippen LogP contribution in [0, 0.1) is 16.7 Å². The first-order valence-electron chi connectivity index (χ1n) is 6.33. The van der Waals surface area contributed by atoms with E-state index in [2.05, 4.69) is 6.07 Å². The molecule has 0 unspecified atom stereocenters. The Balaban J connectivity index is 1.91. The van der Waals surface area contributed by atoms with E-state index in [1.165, 1.54) is 0 Å². The highest BCUT2D eigenvalue weighted by Gasteiger charge is 2.45. The van der Waals surface area contributed by atoms with Crippen molar-refractivity contribution < 1.29 is 9.53 Å². The van der Waals surface area contributed by atoms with E-state index in [0.29, 0.717) is 24.4 Å². The zero-order valence-corrected chi connectivity index (χ0v) is 10.6. The minimum Gasteiger partial charge on any atom is -0.482 e. The maximum Gasteiger partial charge on any atom is 0.265 e. The second-order valence-electron chi connectivity index (χ2n) is 5.33. The van der Waals surface area contributed by atoms with Crippen molar-refractivity contribution in [3.8, 4) is 11.8 Å². The lowest BCUT2D eigenvalue weighted by Crippen LogP contribution is -2.42. The van der Waals surface area contributed by atoms with E-state index in [4.69, 9.17) is 15.7 Å². The van der Waals surface area contributed by atoms with Crippen molar-refractivity contribution in [2.45, 2.75) is 19.3 Å². The van der Waals surface area contributed by atoms with Crippen LogP contribution in [-0.4, -0.2) is 19.1 Å². The lowest BCUT2D eigenvalue weighted by atomic mass is 10.0. The lowest BCUT2D eigenvalue weighted by Gasteiger charge is -2.32. The average molecular weight is 257 g/mol. The van der Waals surface area contributed by atoms with Crippen molar-refractivity contribution in [1.82, 2.24) is 0 Å². The molecule has 0 atom stereocenters. The van der Waals surface area contributed by atoms with Crippen LogP contribution in [0.3, 0.4) is 0 Å². The van der Waals surface area contributed by atoms with Gasteiger partial charge in [0, 0.05) is 24.1 Å². The fourth-order valence-corrected chi connectivity index (χ4v) is 2.46. The third kappa shape index (κ3) is 2.10. The Morgan fingerprint density at radius 2 is 2.26 bits per heavy atom. The third-order valence-electron chi connectivity index (χ3n) is 3.83. The Morgan fingerprint density at radius 1 is 1.47 bits per heavy atom. The van der Waals surface area contributed by atoms with Crippen molar-refractivity contribution in [3.63, 3.8) is 0 Å². The van der Waals surface area contributed by atoms with E-state index < -0.39 is 0 Å². The number of nitrogen functional groups attached to an aromatic ring is 1. The highest BCUT2D eigenvalue weighted by Crippen LogP contribution is 2.50. The minimum atomic E-state index is -0.0673. The van der Waals surface area contributed by atoms with E-state index in [1.54, 1.807) is 23.1 Å². The van der Waals surface area contributed by atoms with E-state index >= 15 is 0 Å². The number of ether oxygens (including phenoxy) is 1. The quantitative estimate of drug-likeness (QED) is 0.836. The number of carbonyl (C=O) groups excluding carboxylic acids is 1. The van der Waals surface area contributed by atoms with Gasteiger partial charge in [0.15, 0.2) is 6.61 Å². The second-order valence-corrected chi connectivity index (χ2v) is 5.33. The molecule has 1 heterocycles. The summed E-state index contributed by atoms with van der Waals surface area (Å²) in [4.78, 5) is 13.8. The molecule has 0 bridgehead atoms. The monoisotopic (exact) mass is 257 g/mol. The number of nitrogens with zero attached hydrogens (tertiary/aromatic N) is 2. The van der Waals surface area contributed by atoms with Crippen molar-refractivity contribution in [3.05, 3.63) is 18.2 Å². The summed E-state index contributed by atoms with van der Waals surface area (Å²) < 4.78 is 5.40. The molecule has 1 fully saturated rings. The van der Waals surface area contributed by atoms with Gasteiger partial charge in [0.05, 0.1) is 11.8 Å². The number of amides is 1. The fraction of sp³-hybridized carbons (Fsp3) is 0.429. The van der Waals surface area contributed by atoms with E-state index in [0.717, 1.165) is 18.5 Å². The van der Waals surface area contributed by atoms with Gasteiger partial charge in [-0.2, -0.15) is 5.26 Å². The molecule has 0 aromatic heterocycles. The number of fused-ring (bicyclic) bond motifs is 1. The summed E-state index contributed by atoms with van der Waals surface area (Å²) in [5.41, 5.74) is 7.08. The number of nitrogens with two attached hydrogens (primary N) is 1. The summed E-state index contributed by atoms with van der Waals surface area (Å²) in [6.45, 7) is 0.638. The van der Waals surface area contributed by atoms with Crippen LogP contribution >= 0.6 is 0 Å². The standard InChI is InChI=1S/C14H15N3O2/c15-6-5-14(3-4-14)9-17-11-7-10(16)1-2-12(11)19-8-13(17)18/h1-2,7H,3-5,8-9,16H2. The van der Waals surface area contributed by atoms with Crippen LogP contribution < -0.4 is 15.4 Å². The van der Waals surface area contributed by atoms with Crippen LogP contribution in [0.1, 0.15) is 19.3 Å². The van der Waals surface area contributed by atoms with Crippen LogP contribution in [0.5, 0.6) is 5.75 Å². The summed E-state index contributed by atoms with van der Waals surface area (Å²) in [7, 11) is 0. The molecule has 2 N–H and O–H groups in total. The van der Waals surface area contributed by atoms with Crippen LogP contribution in [0.25, 0.3) is 0 Å².